The molecule has 0 fully saturated rings. The topological polar surface area (TPSA) is 91.3 Å². The summed E-state index contributed by atoms with van der Waals surface area (Å²) in [6, 6.07) is 0.464. The molecular weight excluding hydrogens is 258 g/mol. The molecule has 3 N–H and O–H groups in total. The molecule has 2 amide bonds. The maximum atomic E-state index is 11.8. The predicted octanol–water partition coefficient (Wildman–Crippen LogP) is 1.69. The average Bonchev–Trinajstić information content (AvgIpc) is 2.42. The highest BCUT2D eigenvalue weighted by Crippen LogP contribution is 2.08. The summed E-state index contributed by atoms with van der Waals surface area (Å²) in [5.41, 5.74) is 1.93. The van der Waals surface area contributed by atoms with Gasteiger partial charge in [0.25, 0.3) is 0 Å². The van der Waals surface area contributed by atoms with Crippen LogP contribution in [-0.2, 0) is 11.3 Å². The van der Waals surface area contributed by atoms with E-state index in [4.69, 9.17) is 5.11 Å². The van der Waals surface area contributed by atoms with Gasteiger partial charge in [0.15, 0.2) is 0 Å². The van der Waals surface area contributed by atoms with Crippen LogP contribution >= 0.6 is 0 Å². The van der Waals surface area contributed by atoms with Crippen molar-refractivity contribution < 1.29 is 14.7 Å². The second-order valence-electron chi connectivity index (χ2n) is 4.83. The molecule has 6 nitrogen and oxygen atoms in total. The van der Waals surface area contributed by atoms with E-state index in [1.165, 1.54) is 0 Å². The molecule has 2 atom stereocenters. The van der Waals surface area contributed by atoms with Gasteiger partial charge in [-0.15, -0.1) is 0 Å². The van der Waals surface area contributed by atoms with Crippen LogP contribution in [0.15, 0.2) is 18.5 Å². The lowest BCUT2D eigenvalue weighted by Gasteiger charge is -2.20. The zero-order valence-electron chi connectivity index (χ0n) is 12.0. The fourth-order valence-electron chi connectivity index (χ4n) is 1.75. The Hall–Kier alpha value is -2.11. The van der Waals surface area contributed by atoms with Crippen LogP contribution in [0.5, 0.6) is 0 Å². The van der Waals surface area contributed by atoms with Crippen molar-refractivity contribution in [3.05, 3.63) is 29.6 Å². The van der Waals surface area contributed by atoms with E-state index in [0.29, 0.717) is 13.0 Å². The molecule has 0 aliphatic rings. The summed E-state index contributed by atoms with van der Waals surface area (Å²) < 4.78 is 0. The van der Waals surface area contributed by atoms with Crippen LogP contribution in [0.25, 0.3) is 0 Å². The predicted molar refractivity (Wildman–Crippen MR) is 75.2 cm³/mol. The first-order chi connectivity index (χ1) is 9.45. The number of amides is 2. The van der Waals surface area contributed by atoms with Crippen molar-refractivity contribution in [3.63, 3.8) is 0 Å². The van der Waals surface area contributed by atoms with Crippen molar-refractivity contribution in [3.8, 4) is 0 Å². The molecule has 6 heteroatoms. The zero-order chi connectivity index (χ0) is 15.1. The third kappa shape index (κ3) is 4.53. The molecule has 1 aromatic heterocycles. The van der Waals surface area contributed by atoms with Crippen LogP contribution in [0.4, 0.5) is 4.79 Å². The molecule has 110 valence electrons. The Balaban J connectivity index is 2.55. The molecular formula is C14H21N3O3. The lowest BCUT2D eigenvalue weighted by molar-refractivity contribution is -0.140. The lowest BCUT2D eigenvalue weighted by atomic mass is 9.99. The second-order valence-corrected chi connectivity index (χ2v) is 4.83. The molecule has 0 aromatic carbocycles. The van der Waals surface area contributed by atoms with E-state index >= 15 is 0 Å². The number of nitrogens with one attached hydrogen (secondary N) is 2. The molecule has 0 radical (unpaired) electrons. The van der Waals surface area contributed by atoms with Crippen molar-refractivity contribution in [1.29, 1.82) is 0 Å². The number of urea groups is 1. The summed E-state index contributed by atoms with van der Waals surface area (Å²) in [4.78, 5) is 26.8. The molecule has 20 heavy (non-hydrogen) atoms. The van der Waals surface area contributed by atoms with E-state index in [1.54, 1.807) is 19.3 Å². The highest BCUT2D eigenvalue weighted by atomic mass is 16.4. The minimum atomic E-state index is -1.02. The average molecular weight is 279 g/mol. The maximum Gasteiger partial charge on any atom is 0.326 e. The molecule has 1 rings (SSSR count). The number of carbonyl (C=O) groups is 2. The van der Waals surface area contributed by atoms with Crippen LogP contribution in [0.1, 0.15) is 31.4 Å². The highest BCUT2D eigenvalue weighted by molar-refractivity contribution is 5.82. The minimum absolute atomic E-state index is 0.124. The first-order valence-electron chi connectivity index (χ1n) is 6.62. The van der Waals surface area contributed by atoms with Crippen molar-refractivity contribution in [1.82, 2.24) is 15.6 Å². The van der Waals surface area contributed by atoms with Gasteiger partial charge in [-0.05, 0) is 30.0 Å². The molecule has 0 bridgehead atoms. The summed E-state index contributed by atoms with van der Waals surface area (Å²) in [7, 11) is 0. The van der Waals surface area contributed by atoms with E-state index in [9.17, 15) is 9.59 Å². The van der Waals surface area contributed by atoms with Gasteiger partial charge in [-0.3, -0.25) is 4.98 Å². The van der Waals surface area contributed by atoms with E-state index in [-0.39, 0.29) is 5.92 Å². The van der Waals surface area contributed by atoms with Gasteiger partial charge in [-0.2, -0.15) is 0 Å². The highest BCUT2D eigenvalue weighted by Gasteiger charge is 2.25. The number of pyridine rings is 1. The molecule has 1 heterocycles. The first kappa shape index (κ1) is 15.9. The number of carbonyl (C=O) groups excluding carboxylic acids is 1. The number of rotatable bonds is 6. The zero-order valence-corrected chi connectivity index (χ0v) is 12.0. The van der Waals surface area contributed by atoms with Gasteiger partial charge in [-0.1, -0.05) is 20.3 Å². The van der Waals surface area contributed by atoms with Crippen LogP contribution in [0, 0.1) is 12.8 Å². The summed E-state index contributed by atoms with van der Waals surface area (Å²) >= 11 is 0. The smallest absolute Gasteiger partial charge is 0.326 e. The summed E-state index contributed by atoms with van der Waals surface area (Å²) in [5.74, 6) is -1.14. The van der Waals surface area contributed by atoms with Gasteiger partial charge in [0, 0.05) is 18.9 Å². The normalized spacial score (nSPS) is 13.3. The number of aromatic nitrogens is 1. The Morgan fingerprint density at radius 2 is 2.15 bits per heavy atom. The van der Waals surface area contributed by atoms with E-state index < -0.39 is 18.0 Å². The monoisotopic (exact) mass is 279 g/mol. The number of carboxylic acids is 1. The molecule has 1 aromatic rings. The molecule has 0 spiro atoms. The SMILES string of the molecule is CC[C@H](C)[C@H](NC(=O)NCc1ccncc1C)C(=O)O. The number of aryl methyl sites for hydroxylation is 1. The molecule has 0 saturated heterocycles. The van der Waals surface area contributed by atoms with Crippen LogP contribution in [0.3, 0.4) is 0 Å². The summed E-state index contributed by atoms with van der Waals surface area (Å²) in [6.07, 6.45) is 4.05. The number of aliphatic carboxylic acids is 1. The largest absolute Gasteiger partial charge is 0.480 e. The van der Waals surface area contributed by atoms with E-state index in [0.717, 1.165) is 11.1 Å². The molecule has 0 aliphatic carbocycles. The number of hydrogen-bond acceptors (Lipinski definition) is 3. The third-order valence-corrected chi connectivity index (χ3v) is 3.34. The van der Waals surface area contributed by atoms with Crippen molar-refractivity contribution in [2.75, 3.05) is 0 Å². The summed E-state index contributed by atoms with van der Waals surface area (Å²) in [5, 5.41) is 14.3. The van der Waals surface area contributed by atoms with Gasteiger partial charge in [0.05, 0.1) is 0 Å². The first-order valence-corrected chi connectivity index (χ1v) is 6.62. The van der Waals surface area contributed by atoms with Gasteiger partial charge < -0.3 is 15.7 Å². The fourth-order valence-corrected chi connectivity index (χ4v) is 1.75. The lowest BCUT2D eigenvalue weighted by Crippen LogP contribution is -2.48. The summed E-state index contributed by atoms with van der Waals surface area (Å²) in [6.45, 7) is 5.93. The molecule has 0 aliphatic heterocycles. The van der Waals surface area contributed by atoms with Gasteiger partial charge in [0.2, 0.25) is 0 Å². The maximum absolute atomic E-state index is 11.8. The Labute approximate surface area is 118 Å². The van der Waals surface area contributed by atoms with Crippen molar-refractivity contribution in [2.24, 2.45) is 5.92 Å². The number of carboxylic acid groups (broad SMARTS) is 1. The number of hydrogen-bond donors (Lipinski definition) is 3. The van der Waals surface area contributed by atoms with Crippen LogP contribution in [0.2, 0.25) is 0 Å². The standard InChI is InChI=1S/C14H21N3O3/c1-4-9(2)12(13(18)19)17-14(20)16-8-11-5-6-15-7-10(11)3/h5-7,9,12H,4,8H2,1-3H3,(H,18,19)(H2,16,17,20)/t9-,12-/m0/s1. The molecule has 0 unspecified atom stereocenters. The quantitative estimate of drug-likeness (QED) is 0.739. The van der Waals surface area contributed by atoms with Crippen molar-refractivity contribution in [2.45, 2.75) is 39.8 Å². The fraction of sp³-hybridized carbons (Fsp3) is 0.500. The van der Waals surface area contributed by atoms with E-state index in [2.05, 4.69) is 15.6 Å². The Morgan fingerprint density at radius 1 is 1.45 bits per heavy atom. The third-order valence-electron chi connectivity index (χ3n) is 3.34. The number of nitrogens with zero attached hydrogens (tertiary/aromatic N) is 1. The Kier molecular flexibility index (Phi) is 5.96. The van der Waals surface area contributed by atoms with E-state index in [1.807, 2.05) is 19.9 Å². The Morgan fingerprint density at radius 3 is 2.70 bits per heavy atom. The van der Waals surface area contributed by atoms with Gasteiger partial charge >= 0.3 is 12.0 Å². The van der Waals surface area contributed by atoms with Crippen LogP contribution in [-0.4, -0.2) is 28.1 Å². The molecule has 0 saturated carbocycles. The van der Waals surface area contributed by atoms with Gasteiger partial charge in [-0.25, -0.2) is 9.59 Å². The second kappa shape index (κ2) is 7.47. The Bertz CT molecular complexity index is 476. The van der Waals surface area contributed by atoms with Gasteiger partial charge in [0.1, 0.15) is 6.04 Å². The van der Waals surface area contributed by atoms with Crippen molar-refractivity contribution >= 4 is 12.0 Å². The minimum Gasteiger partial charge on any atom is -0.480 e. The van der Waals surface area contributed by atoms with Crippen LogP contribution < -0.4 is 10.6 Å².